The minimum Gasteiger partial charge on any atom is -0.353 e. The molecule has 2 rings (SSSR count). The summed E-state index contributed by atoms with van der Waals surface area (Å²) in [7, 11) is 0. The van der Waals surface area contributed by atoms with Crippen LogP contribution in [0.1, 0.15) is 26.7 Å². The number of carbonyl (C=O) groups excluding carboxylic acids is 1. The van der Waals surface area contributed by atoms with Crippen molar-refractivity contribution in [1.82, 2.24) is 14.9 Å². The Morgan fingerprint density at radius 3 is 3.09 bits per heavy atom. The molecule has 23 heavy (non-hydrogen) atoms. The maximum Gasteiger partial charge on any atom is 0.272 e. The Balaban J connectivity index is 2.15. The fraction of sp³-hybridized carbons (Fsp3) is 0.438. The summed E-state index contributed by atoms with van der Waals surface area (Å²) in [5.74, 6) is 0.202. The average molecular weight is 351 g/mol. The van der Waals surface area contributed by atoms with E-state index in [1.165, 1.54) is 23.1 Å². The van der Waals surface area contributed by atoms with Gasteiger partial charge in [0.15, 0.2) is 5.16 Å². The van der Waals surface area contributed by atoms with Gasteiger partial charge < -0.3 is 5.32 Å². The number of rotatable bonds is 8. The lowest BCUT2D eigenvalue weighted by Crippen LogP contribution is -2.34. The number of carbonyl (C=O) groups is 1. The molecule has 0 aliphatic rings. The van der Waals surface area contributed by atoms with Gasteiger partial charge in [0, 0.05) is 12.6 Å². The van der Waals surface area contributed by atoms with Gasteiger partial charge in [-0.3, -0.25) is 14.2 Å². The van der Waals surface area contributed by atoms with Crippen LogP contribution in [0.4, 0.5) is 0 Å². The first-order valence-corrected chi connectivity index (χ1v) is 9.44. The standard InChI is InChI=1S/C16H21N3O2S2/c1-4-6-11(3)17-13(20)10-23-16-18-12-7-9-22-14(12)15(21)19(16)8-5-2/h5,7,9,11H,2,4,6,8,10H2,1,3H3,(H,17,20). The Hall–Kier alpha value is -1.60. The maximum absolute atomic E-state index is 12.5. The number of nitrogens with zero attached hydrogens (tertiary/aromatic N) is 2. The molecule has 124 valence electrons. The Morgan fingerprint density at radius 1 is 1.61 bits per heavy atom. The molecule has 0 fully saturated rings. The van der Waals surface area contributed by atoms with Crippen LogP contribution in [-0.4, -0.2) is 27.3 Å². The normalized spacial score (nSPS) is 12.3. The van der Waals surface area contributed by atoms with Gasteiger partial charge in [-0.05, 0) is 24.8 Å². The van der Waals surface area contributed by atoms with Crippen molar-refractivity contribution in [2.24, 2.45) is 0 Å². The third-order valence-electron chi connectivity index (χ3n) is 3.30. The zero-order valence-electron chi connectivity index (χ0n) is 13.4. The highest BCUT2D eigenvalue weighted by molar-refractivity contribution is 7.99. The van der Waals surface area contributed by atoms with Crippen LogP contribution in [0.3, 0.4) is 0 Å². The number of allylic oxidation sites excluding steroid dienone is 1. The summed E-state index contributed by atoms with van der Waals surface area (Å²) < 4.78 is 2.21. The number of fused-ring (bicyclic) bond motifs is 1. The Bertz CT molecular complexity index is 751. The number of nitrogens with one attached hydrogen (secondary N) is 1. The molecule has 0 aromatic carbocycles. The van der Waals surface area contributed by atoms with Gasteiger partial charge >= 0.3 is 0 Å². The molecule has 1 unspecified atom stereocenters. The molecule has 0 saturated carbocycles. The smallest absolute Gasteiger partial charge is 0.272 e. The van der Waals surface area contributed by atoms with Gasteiger partial charge in [0.1, 0.15) is 4.70 Å². The molecule has 0 saturated heterocycles. The fourth-order valence-electron chi connectivity index (χ4n) is 2.28. The summed E-state index contributed by atoms with van der Waals surface area (Å²) in [5.41, 5.74) is 0.606. The molecule has 1 amide bonds. The van der Waals surface area contributed by atoms with Crippen LogP contribution in [0.5, 0.6) is 0 Å². The van der Waals surface area contributed by atoms with Crippen molar-refractivity contribution in [1.29, 1.82) is 0 Å². The van der Waals surface area contributed by atoms with Crippen LogP contribution < -0.4 is 10.9 Å². The quantitative estimate of drug-likeness (QED) is 0.451. The fourth-order valence-corrected chi connectivity index (χ4v) is 3.87. The van der Waals surface area contributed by atoms with Crippen molar-refractivity contribution in [2.45, 2.75) is 44.4 Å². The topological polar surface area (TPSA) is 64.0 Å². The van der Waals surface area contributed by atoms with Crippen LogP contribution in [-0.2, 0) is 11.3 Å². The summed E-state index contributed by atoms with van der Waals surface area (Å²) in [5, 5.41) is 5.36. The predicted molar refractivity (Wildman–Crippen MR) is 97.3 cm³/mol. The van der Waals surface area contributed by atoms with Crippen molar-refractivity contribution in [3.05, 3.63) is 34.5 Å². The molecule has 7 heteroatoms. The van der Waals surface area contributed by atoms with Crippen molar-refractivity contribution >= 4 is 39.2 Å². The zero-order valence-corrected chi connectivity index (χ0v) is 15.0. The van der Waals surface area contributed by atoms with E-state index in [0.717, 1.165) is 12.8 Å². The number of hydrogen-bond donors (Lipinski definition) is 1. The van der Waals surface area contributed by atoms with E-state index in [-0.39, 0.29) is 23.3 Å². The second kappa shape index (κ2) is 8.31. The van der Waals surface area contributed by atoms with E-state index < -0.39 is 0 Å². The lowest BCUT2D eigenvalue weighted by molar-refractivity contribution is -0.119. The number of aromatic nitrogens is 2. The van der Waals surface area contributed by atoms with Crippen LogP contribution >= 0.6 is 23.1 Å². The van der Waals surface area contributed by atoms with Crippen molar-refractivity contribution in [3.63, 3.8) is 0 Å². The first kappa shape index (κ1) is 17.7. The minimum atomic E-state index is -0.0767. The average Bonchev–Trinajstić information content (AvgIpc) is 2.97. The largest absolute Gasteiger partial charge is 0.353 e. The highest BCUT2D eigenvalue weighted by atomic mass is 32.2. The van der Waals surface area contributed by atoms with Crippen LogP contribution in [0.2, 0.25) is 0 Å². The van der Waals surface area contributed by atoms with Crippen molar-refractivity contribution in [3.8, 4) is 0 Å². The SMILES string of the molecule is C=CCn1c(SCC(=O)NC(C)CCC)nc2ccsc2c1=O. The molecule has 2 aromatic heterocycles. The van der Waals surface area contributed by atoms with Crippen molar-refractivity contribution < 1.29 is 4.79 Å². The van der Waals surface area contributed by atoms with Gasteiger partial charge in [-0.15, -0.1) is 17.9 Å². The predicted octanol–water partition coefficient (Wildman–Crippen LogP) is 3.04. The van der Waals surface area contributed by atoms with Gasteiger partial charge in [0.05, 0.1) is 11.3 Å². The third-order valence-corrected chi connectivity index (χ3v) is 5.17. The molecular weight excluding hydrogens is 330 g/mol. The Kier molecular flexibility index (Phi) is 6.41. The summed E-state index contributed by atoms with van der Waals surface area (Å²) in [6, 6.07) is 1.99. The van der Waals surface area contributed by atoms with Crippen LogP contribution in [0.15, 0.2) is 34.1 Å². The van der Waals surface area contributed by atoms with E-state index in [2.05, 4.69) is 23.8 Å². The zero-order chi connectivity index (χ0) is 16.8. The van der Waals surface area contributed by atoms with Gasteiger partial charge in [0.25, 0.3) is 5.56 Å². The number of thioether (sulfide) groups is 1. The summed E-state index contributed by atoms with van der Waals surface area (Å²) in [4.78, 5) is 29.0. The molecule has 1 atom stereocenters. The minimum absolute atomic E-state index is 0.0410. The van der Waals surface area contributed by atoms with Crippen LogP contribution in [0.25, 0.3) is 10.2 Å². The Morgan fingerprint density at radius 2 is 2.39 bits per heavy atom. The molecule has 1 N–H and O–H groups in total. The number of thiophene rings is 1. The molecule has 5 nitrogen and oxygen atoms in total. The summed E-state index contributed by atoms with van der Waals surface area (Å²) >= 11 is 2.67. The summed E-state index contributed by atoms with van der Waals surface area (Å²) in [6.45, 7) is 8.16. The lowest BCUT2D eigenvalue weighted by atomic mass is 10.2. The third kappa shape index (κ3) is 4.45. The molecule has 0 aliphatic heterocycles. The first-order valence-electron chi connectivity index (χ1n) is 7.57. The van der Waals surface area contributed by atoms with Gasteiger partial charge in [-0.25, -0.2) is 4.98 Å². The first-order chi connectivity index (χ1) is 11.1. The maximum atomic E-state index is 12.5. The monoisotopic (exact) mass is 351 g/mol. The Labute approximate surface area is 143 Å². The van der Waals surface area contributed by atoms with Gasteiger partial charge in [0.2, 0.25) is 5.91 Å². The number of amides is 1. The molecule has 0 radical (unpaired) electrons. The second-order valence-corrected chi connectivity index (χ2v) is 7.14. The molecule has 2 aromatic rings. The van der Waals surface area contributed by atoms with Gasteiger partial charge in [-0.1, -0.05) is 31.2 Å². The van der Waals surface area contributed by atoms with E-state index in [0.29, 0.717) is 21.9 Å². The van der Waals surface area contributed by atoms with Gasteiger partial charge in [-0.2, -0.15) is 0 Å². The van der Waals surface area contributed by atoms with E-state index in [1.807, 2.05) is 18.4 Å². The van der Waals surface area contributed by atoms with E-state index in [4.69, 9.17) is 0 Å². The molecular formula is C16H21N3O2S2. The van der Waals surface area contributed by atoms with E-state index >= 15 is 0 Å². The van der Waals surface area contributed by atoms with Crippen LogP contribution in [0, 0.1) is 0 Å². The second-order valence-electron chi connectivity index (χ2n) is 5.28. The summed E-state index contributed by atoms with van der Waals surface area (Å²) in [6.07, 6.45) is 3.65. The lowest BCUT2D eigenvalue weighted by Gasteiger charge is -2.13. The molecule has 0 spiro atoms. The highest BCUT2D eigenvalue weighted by Gasteiger charge is 2.14. The van der Waals surface area contributed by atoms with Crippen molar-refractivity contribution in [2.75, 3.05) is 5.75 Å². The molecule has 0 aliphatic carbocycles. The number of hydrogen-bond acceptors (Lipinski definition) is 5. The molecule has 0 bridgehead atoms. The van der Waals surface area contributed by atoms with E-state index in [1.54, 1.807) is 10.6 Å². The van der Waals surface area contributed by atoms with E-state index in [9.17, 15) is 9.59 Å². The molecule has 2 heterocycles. The highest BCUT2D eigenvalue weighted by Crippen LogP contribution is 2.20.